The van der Waals surface area contributed by atoms with Crippen LogP contribution in [0.3, 0.4) is 0 Å². The van der Waals surface area contributed by atoms with Gasteiger partial charge in [0, 0.05) is 6.08 Å². The molecule has 96 valence electrons. The second-order valence-electron chi connectivity index (χ2n) is 4.76. The molecule has 0 spiro atoms. The van der Waals surface area contributed by atoms with E-state index in [0.717, 1.165) is 24.3 Å². The molecule has 0 aromatic carbocycles. The van der Waals surface area contributed by atoms with Gasteiger partial charge in [-0.15, -0.1) is 0 Å². The zero-order valence-electron chi connectivity index (χ0n) is 11.5. The lowest BCUT2D eigenvalue weighted by Crippen LogP contribution is -1.98. The quantitative estimate of drug-likeness (QED) is 0.283. The Labute approximate surface area is 105 Å². The molecule has 2 heteroatoms. The Balaban J connectivity index is 3.92. The summed E-state index contributed by atoms with van der Waals surface area (Å²) in [6, 6.07) is 0. The summed E-state index contributed by atoms with van der Waals surface area (Å²) in [6.07, 6.45) is 8.88. The summed E-state index contributed by atoms with van der Waals surface area (Å²) in [5.41, 5.74) is 0.997. The van der Waals surface area contributed by atoms with Crippen molar-refractivity contribution in [2.45, 2.75) is 47.0 Å². The van der Waals surface area contributed by atoms with Gasteiger partial charge in [0.25, 0.3) is 0 Å². The highest BCUT2D eigenvalue weighted by atomic mass is 16.5. The smallest absolute Gasteiger partial charge is 0.335 e. The van der Waals surface area contributed by atoms with Crippen molar-refractivity contribution < 1.29 is 9.53 Å². The van der Waals surface area contributed by atoms with Crippen LogP contribution >= 0.6 is 0 Å². The summed E-state index contributed by atoms with van der Waals surface area (Å²) in [4.78, 5) is 11.3. The molecule has 0 unspecified atom stereocenters. The monoisotopic (exact) mass is 236 g/mol. The molecule has 17 heavy (non-hydrogen) atoms. The zero-order valence-corrected chi connectivity index (χ0v) is 11.5. The maximum atomic E-state index is 11.3. The van der Waals surface area contributed by atoms with Gasteiger partial charge in [-0.25, -0.2) is 4.79 Å². The number of hydrogen-bond acceptors (Lipinski definition) is 2. The van der Waals surface area contributed by atoms with E-state index in [2.05, 4.69) is 32.6 Å². The summed E-state index contributed by atoms with van der Waals surface area (Å²) in [6.45, 7) is 11.5. The lowest BCUT2D eigenvalue weighted by molar-refractivity contribution is -0.133. The van der Waals surface area contributed by atoms with Crippen LogP contribution in [0.1, 0.15) is 47.0 Å². The maximum Gasteiger partial charge on any atom is 0.335 e. The fourth-order valence-corrected chi connectivity index (χ4v) is 1.28. The van der Waals surface area contributed by atoms with Gasteiger partial charge in [0.15, 0.2) is 0 Å². The predicted molar refractivity (Wildman–Crippen MR) is 72.5 cm³/mol. The van der Waals surface area contributed by atoms with Crippen molar-refractivity contribution in [3.8, 4) is 0 Å². The molecule has 0 heterocycles. The molecule has 0 rings (SSSR count). The van der Waals surface area contributed by atoms with Crippen molar-refractivity contribution in [1.82, 2.24) is 0 Å². The first kappa shape index (κ1) is 15.7. The number of esters is 1. The topological polar surface area (TPSA) is 26.3 Å². The molecule has 0 radical (unpaired) electrons. The first-order valence-corrected chi connectivity index (χ1v) is 6.11. The minimum Gasteiger partial charge on any atom is -0.429 e. The highest BCUT2D eigenvalue weighted by Crippen LogP contribution is 2.07. The minimum atomic E-state index is -0.342. The highest BCUT2D eigenvalue weighted by molar-refractivity contribution is 5.83. The van der Waals surface area contributed by atoms with Gasteiger partial charge in [0.05, 0.1) is 5.76 Å². The average Bonchev–Trinajstić information content (AvgIpc) is 2.14. The predicted octanol–water partition coefficient (Wildman–Crippen LogP) is 4.39. The summed E-state index contributed by atoms with van der Waals surface area (Å²) in [5.74, 6) is 0.818. The number of allylic oxidation sites excluding steroid dienone is 4. The molecule has 0 saturated heterocycles. The van der Waals surface area contributed by atoms with E-state index >= 15 is 0 Å². The van der Waals surface area contributed by atoms with Crippen LogP contribution in [-0.4, -0.2) is 5.97 Å². The van der Waals surface area contributed by atoms with Crippen LogP contribution in [0.15, 0.2) is 36.1 Å². The van der Waals surface area contributed by atoms with Crippen molar-refractivity contribution in [2.24, 2.45) is 5.92 Å². The standard InChI is InChI=1S/C15H24O2/c1-12(2)9-7-6-8-10-14(5)11-15(16)17-13(3)4/h6,8,11-12H,3,7,9-10H2,1-2,4-5H3. The first-order chi connectivity index (χ1) is 7.91. The van der Waals surface area contributed by atoms with Gasteiger partial charge in [-0.2, -0.15) is 0 Å². The van der Waals surface area contributed by atoms with Crippen LogP contribution < -0.4 is 0 Å². The normalized spacial score (nSPS) is 12.2. The van der Waals surface area contributed by atoms with E-state index in [1.54, 1.807) is 6.92 Å². The average molecular weight is 236 g/mol. The number of carbonyl (C=O) groups excluding carboxylic acids is 1. The third kappa shape index (κ3) is 11.0. The number of hydrogen-bond donors (Lipinski definition) is 0. The van der Waals surface area contributed by atoms with Gasteiger partial charge >= 0.3 is 5.97 Å². The van der Waals surface area contributed by atoms with E-state index in [4.69, 9.17) is 4.74 Å². The molecule has 0 amide bonds. The fourth-order valence-electron chi connectivity index (χ4n) is 1.28. The molecule has 0 aromatic rings. The molecule has 0 aliphatic carbocycles. The van der Waals surface area contributed by atoms with Gasteiger partial charge in [0.1, 0.15) is 0 Å². The van der Waals surface area contributed by atoms with E-state index in [1.165, 1.54) is 12.5 Å². The van der Waals surface area contributed by atoms with Crippen LogP contribution in [0.5, 0.6) is 0 Å². The van der Waals surface area contributed by atoms with Crippen LogP contribution in [-0.2, 0) is 9.53 Å². The maximum absolute atomic E-state index is 11.3. The van der Waals surface area contributed by atoms with Gasteiger partial charge in [-0.1, -0.05) is 38.2 Å². The lowest BCUT2D eigenvalue weighted by atomic mass is 10.1. The summed E-state index contributed by atoms with van der Waals surface area (Å²) < 4.78 is 4.85. The third-order valence-electron chi connectivity index (χ3n) is 2.16. The Morgan fingerprint density at radius 1 is 1.29 bits per heavy atom. The van der Waals surface area contributed by atoms with E-state index in [1.807, 2.05) is 6.92 Å². The molecule has 0 atom stereocenters. The molecule has 0 aromatic heterocycles. The second kappa shape index (κ2) is 8.80. The van der Waals surface area contributed by atoms with Crippen LogP contribution in [0.25, 0.3) is 0 Å². The summed E-state index contributed by atoms with van der Waals surface area (Å²) >= 11 is 0. The van der Waals surface area contributed by atoms with Crippen molar-refractivity contribution in [3.05, 3.63) is 36.1 Å². The molecular formula is C15H24O2. The molecular weight excluding hydrogens is 212 g/mol. The van der Waals surface area contributed by atoms with E-state index < -0.39 is 0 Å². The molecule has 0 saturated carbocycles. The van der Waals surface area contributed by atoms with E-state index in [-0.39, 0.29) is 5.97 Å². The van der Waals surface area contributed by atoms with Crippen molar-refractivity contribution in [3.63, 3.8) is 0 Å². The highest BCUT2D eigenvalue weighted by Gasteiger charge is 1.98. The molecule has 0 fully saturated rings. The molecule has 0 N–H and O–H groups in total. The SMILES string of the molecule is C=C(C)OC(=O)C=C(C)CC=CCCC(C)C. The Bertz CT molecular complexity index is 309. The fraction of sp³-hybridized carbons (Fsp3) is 0.533. The van der Waals surface area contributed by atoms with Gasteiger partial charge in [0.2, 0.25) is 0 Å². The summed E-state index contributed by atoms with van der Waals surface area (Å²) in [7, 11) is 0. The van der Waals surface area contributed by atoms with Gasteiger partial charge in [-0.05, 0) is 39.0 Å². The first-order valence-electron chi connectivity index (χ1n) is 6.11. The van der Waals surface area contributed by atoms with Crippen LogP contribution in [0.4, 0.5) is 0 Å². The molecule has 2 nitrogen and oxygen atoms in total. The Morgan fingerprint density at radius 2 is 1.94 bits per heavy atom. The summed E-state index contributed by atoms with van der Waals surface area (Å²) in [5, 5.41) is 0. The van der Waals surface area contributed by atoms with Crippen molar-refractivity contribution in [2.75, 3.05) is 0 Å². The van der Waals surface area contributed by atoms with Crippen molar-refractivity contribution in [1.29, 1.82) is 0 Å². The van der Waals surface area contributed by atoms with E-state index in [0.29, 0.717) is 5.76 Å². The molecule has 0 aliphatic heterocycles. The van der Waals surface area contributed by atoms with Crippen LogP contribution in [0, 0.1) is 5.92 Å². The minimum absolute atomic E-state index is 0.342. The number of rotatable bonds is 7. The number of carbonyl (C=O) groups is 1. The van der Waals surface area contributed by atoms with Crippen molar-refractivity contribution >= 4 is 5.97 Å². The largest absolute Gasteiger partial charge is 0.429 e. The second-order valence-corrected chi connectivity index (χ2v) is 4.76. The lowest BCUT2D eigenvalue weighted by Gasteiger charge is -2.00. The third-order valence-corrected chi connectivity index (χ3v) is 2.16. The molecule has 0 bridgehead atoms. The van der Waals surface area contributed by atoms with Gasteiger partial charge in [-0.3, -0.25) is 0 Å². The zero-order chi connectivity index (χ0) is 13.3. The van der Waals surface area contributed by atoms with Gasteiger partial charge < -0.3 is 4.74 Å². The molecule has 0 aliphatic rings. The Morgan fingerprint density at radius 3 is 2.47 bits per heavy atom. The van der Waals surface area contributed by atoms with Crippen LogP contribution in [0.2, 0.25) is 0 Å². The Kier molecular flexibility index (Phi) is 8.12. The number of ether oxygens (including phenoxy) is 1. The Hall–Kier alpha value is -1.31. The van der Waals surface area contributed by atoms with E-state index in [9.17, 15) is 4.79 Å².